The number of ether oxygens (including phenoxy) is 2. The molecule has 23 heavy (non-hydrogen) atoms. The zero-order chi connectivity index (χ0) is 15.6. The summed E-state index contributed by atoms with van der Waals surface area (Å²) in [5, 5.41) is 3.23. The van der Waals surface area contributed by atoms with Crippen molar-refractivity contribution in [1.82, 2.24) is 9.88 Å². The molecule has 0 amide bonds. The van der Waals surface area contributed by atoms with Crippen molar-refractivity contribution in [1.29, 1.82) is 0 Å². The second-order valence-corrected chi connectivity index (χ2v) is 7.28. The average molecular weight is 330 g/mol. The normalized spacial score (nSPS) is 17.8. The van der Waals surface area contributed by atoms with Gasteiger partial charge in [-0.2, -0.15) is 0 Å². The van der Waals surface area contributed by atoms with Crippen molar-refractivity contribution in [3.8, 4) is 22.1 Å². The zero-order valence-electron chi connectivity index (χ0n) is 13.5. The number of fused-ring (bicyclic) bond motifs is 1. The predicted octanol–water partition coefficient (Wildman–Crippen LogP) is 4.30. The first-order chi connectivity index (χ1) is 11.3. The number of aromatic nitrogens is 1. The van der Waals surface area contributed by atoms with E-state index in [1.807, 2.05) is 12.1 Å². The van der Waals surface area contributed by atoms with E-state index in [1.165, 1.54) is 32.1 Å². The minimum Gasteiger partial charge on any atom is -0.454 e. The number of hydrogen-bond donors (Lipinski definition) is 0. The molecule has 4 nitrogen and oxygen atoms in total. The Kier molecular flexibility index (Phi) is 4.23. The second-order valence-electron chi connectivity index (χ2n) is 6.42. The fourth-order valence-electron chi connectivity index (χ4n) is 3.45. The fraction of sp³-hybridized carbons (Fsp3) is 0.500. The molecule has 122 valence electrons. The predicted molar refractivity (Wildman–Crippen MR) is 92.0 cm³/mol. The number of rotatable bonds is 4. The van der Waals surface area contributed by atoms with Crippen molar-refractivity contribution in [3.63, 3.8) is 0 Å². The first-order valence-corrected chi connectivity index (χ1v) is 9.22. The van der Waals surface area contributed by atoms with Crippen LogP contribution in [0.2, 0.25) is 0 Å². The fourth-order valence-corrected chi connectivity index (χ4v) is 4.26. The third-order valence-corrected chi connectivity index (χ3v) is 5.72. The van der Waals surface area contributed by atoms with Crippen LogP contribution >= 0.6 is 11.3 Å². The van der Waals surface area contributed by atoms with Crippen molar-refractivity contribution in [2.24, 2.45) is 0 Å². The van der Waals surface area contributed by atoms with Gasteiger partial charge in [0, 0.05) is 23.5 Å². The van der Waals surface area contributed by atoms with Crippen LogP contribution in [0.3, 0.4) is 0 Å². The standard InChI is InChI=1S/C18H22N2O2S/c1-20(15-5-3-2-4-6-15)10-14-11-23-18(19-14)13-7-8-16-17(9-13)22-12-21-16/h7-9,11,15H,2-6,10,12H2,1H3. The average Bonchev–Trinajstić information content (AvgIpc) is 3.23. The van der Waals surface area contributed by atoms with Gasteiger partial charge in [-0.3, -0.25) is 4.90 Å². The molecule has 4 rings (SSSR count). The van der Waals surface area contributed by atoms with Gasteiger partial charge in [-0.05, 0) is 38.1 Å². The van der Waals surface area contributed by atoms with Gasteiger partial charge >= 0.3 is 0 Å². The number of nitrogens with zero attached hydrogens (tertiary/aromatic N) is 2. The van der Waals surface area contributed by atoms with Crippen LogP contribution in [-0.2, 0) is 6.54 Å². The van der Waals surface area contributed by atoms with Gasteiger partial charge in [-0.1, -0.05) is 19.3 Å². The van der Waals surface area contributed by atoms with E-state index in [1.54, 1.807) is 11.3 Å². The highest BCUT2D eigenvalue weighted by molar-refractivity contribution is 7.13. The number of thiazole rings is 1. The van der Waals surface area contributed by atoms with E-state index in [0.29, 0.717) is 6.79 Å². The van der Waals surface area contributed by atoms with Gasteiger partial charge in [0.15, 0.2) is 11.5 Å². The molecule has 1 aliphatic heterocycles. The van der Waals surface area contributed by atoms with Crippen molar-refractivity contribution in [2.75, 3.05) is 13.8 Å². The van der Waals surface area contributed by atoms with Crippen LogP contribution in [0, 0.1) is 0 Å². The molecular formula is C18H22N2O2S. The Morgan fingerprint density at radius 2 is 2.00 bits per heavy atom. The highest BCUT2D eigenvalue weighted by Gasteiger charge is 2.19. The summed E-state index contributed by atoms with van der Waals surface area (Å²) in [6, 6.07) is 6.77. The van der Waals surface area contributed by atoms with E-state index in [-0.39, 0.29) is 0 Å². The van der Waals surface area contributed by atoms with Gasteiger partial charge in [0.2, 0.25) is 6.79 Å². The highest BCUT2D eigenvalue weighted by Crippen LogP contribution is 2.36. The van der Waals surface area contributed by atoms with Crippen LogP contribution in [-0.4, -0.2) is 29.8 Å². The molecule has 2 heterocycles. The van der Waals surface area contributed by atoms with Crippen LogP contribution in [0.5, 0.6) is 11.5 Å². The molecule has 2 aliphatic rings. The Morgan fingerprint density at radius 1 is 1.17 bits per heavy atom. The highest BCUT2D eigenvalue weighted by atomic mass is 32.1. The van der Waals surface area contributed by atoms with Crippen LogP contribution < -0.4 is 9.47 Å². The van der Waals surface area contributed by atoms with Gasteiger partial charge < -0.3 is 9.47 Å². The van der Waals surface area contributed by atoms with Gasteiger partial charge in [-0.15, -0.1) is 11.3 Å². The molecule has 1 fully saturated rings. The molecular weight excluding hydrogens is 308 g/mol. The van der Waals surface area contributed by atoms with Gasteiger partial charge in [0.25, 0.3) is 0 Å². The van der Waals surface area contributed by atoms with Crippen molar-refractivity contribution in [3.05, 3.63) is 29.3 Å². The lowest BCUT2D eigenvalue weighted by molar-refractivity contribution is 0.174. The molecule has 5 heteroatoms. The maximum Gasteiger partial charge on any atom is 0.231 e. The Balaban J connectivity index is 1.46. The minimum absolute atomic E-state index is 0.314. The summed E-state index contributed by atoms with van der Waals surface area (Å²) in [4.78, 5) is 7.29. The largest absolute Gasteiger partial charge is 0.454 e. The molecule has 0 radical (unpaired) electrons. The van der Waals surface area contributed by atoms with Gasteiger partial charge in [-0.25, -0.2) is 4.98 Å². The lowest BCUT2D eigenvalue weighted by atomic mass is 9.94. The minimum atomic E-state index is 0.314. The van der Waals surface area contributed by atoms with E-state index in [4.69, 9.17) is 14.5 Å². The summed E-state index contributed by atoms with van der Waals surface area (Å²) < 4.78 is 10.8. The topological polar surface area (TPSA) is 34.6 Å². The quantitative estimate of drug-likeness (QED) is 0.837. The van der Waals surface area contributed by atoms with E-state index in [9.17, 15) is 0 Å². The summed E-state index contributed by atoms with van der Waals surface area (Å²) in [7, 11) is 2.23. The van der Waals surface area contributed by atoms with E-state index in [0.717, 1.165) is 40.4 Å². The Bertz CT molecular complexity index is 679. The lowest BCUT2D eigenvalue weighted by Crippen LogP contribution is -2.32. The lowest BCUT2D eigenvalue weighted by Gasteiger charge is -2.30. The van der Waals surface area contributed by atoms with Crippen molar-refractivity contribution < 1.29 is 9.47 Å². The van der Waals surface area contributed by atoms with Crippen LogP contribution in [0.25, 0.3) is 10.6 Å². The smallest absolute Gasteiger partial charge is 0.231 e. The molecule has 0 unspecified atom stereocenters. The number of benzene rings is 1. The summed E-state index contributed by atoms with van der Waals surface area (Å²) in [5.41, 5.74) is 2.27. The molecule has 0 bridgehead atoms. The second kappa shape index (κ2) is 6.49. The molecule has 1 aliphatic carbocycles. The molecule has 1 aromatic carbocycles. The maximum atomic E-state index is 5.46. The zero-order valence-corrected chi connectivity index (χ0v) is 14.3. The van der Waals surface area contributed by atoms with Crippen LogP contribution in [0.15, 0.2) is 23.6 Å². The Morgan fingerprint density at radius 3 is 2.87 bits per heavy atom. The van der Waals surface area contributed by atoms with E-state index < -0.39 is 0 Å². The first kappa shape index (κ1) is 15.0. The molecule has 1 aromatic heterocycles. The van der Waals surface area contributed by atoms with E-state index >= 15 is 0 Å². The van der Waals surface area contributed by atoms with E-state index in [2.05, 4.69) is 23.4 Å². The molecule has 0 atom stereocenters. The molecule has 1 saturated carbocycles. The van der Waals surface area contributed by atoms with Crippen LogP contribution in [0.4, 0.5) is 0 Å². The maximum absolute atomic E-state index is 5.46. The van der Waals surface area contributed by atoms with Crippen molar-refractivity contribution >= 4 is 11.3 Å². The molecule has 0 saturated heterocycles. The SMILES string of the molecule is CN(Cc1csc(-c2ccc3c(c2)OCO3)n1)C1CCCCC1. The summed E-state index contributed by atoms with van der Waals surface area (Å²) in [6.07, 6.45) is 6.80. The van der Waals surface area contributed by atoms with Gasteiger partial charge in [0.1, 0.15) is 5.01 Å². The first-order valence-electron chi connectivity index (χ1n) is 8.34. The van der Waals surface area contributed by atoms with Crippen molar-refractivity contribution in [2.45, 2.75) is 44.7 Å². The monoisotopic (exact) mass is 330 g/mol. The third-order valence-electron chi connectivity index (χ3n) is 4.78. The number of hydrogen-bond acceptors (Lipinski definition) is 5. The molecule has 0 N–H and O–H groups in total. The Hall–Kier alpha value is -1.59. The third kappa shape index (κ3) is 3.21. The van der Waals surface area contributed by atoms with Crippen LogP contribution in [0.1, 0.15) is 37.8 Å². The molecule has 2 aromatic rings. The summed E-state index contributed by atoms with van der Waals surface area (Å²) >= 11 is 1.70. The molecule has 0 spiro atoms. The summed E-state index contributed by atoms with van der Waals surface area (Å²) in [5.74, 6) is 1.64. The summed E-state index contributed by atoms with van der Waals surface area (Å²) in [6.45, 7) is 1.25. The Labute approximate surface area is 141 Å². The van der Waals surface area contributed by atoms with Gasteiger partial charge in [0.05, 0.1) is 5.69 Å².